The molecule has 21 heavy (non-hydrogen) atoms. The summed E-state index contributed by atoms with van der Waals surface area (Å²) in [7, 11) is 0. The number of amides is 1. The summed E-state index contributed by atoms with van der Waals surface area (Å²) < 4.78 is 0. The van der Waals surface area contributed by atoms with E-state index in [0.29, 0.717) is 0 Å². The minimum Gasteiger partial charge on any atom is -0.345 e. The molecule has 1 heterocycles. The van der Waals surface area contributed by atoms with Gasteiger partial charge in [-0.1, -0.05) is 37.3 Å². The smallest absolute Gasteiger partial charge is 0.261 e. The van der Waals surface area contributed by atoms with Crippen LogP contribution in [0.2, 0.25) is 0 Å². The number of aromatic amines is 1. The number of hydrogen-bond acceptors (Lipinski definition) is 2. The van der Waals surface area contributed by atoms with Gasteiger partial charge in [0.25, 0.3) is 11.5 Å². The number of rotatable bonds is 4. The summed E-state index contributed by atoms with van der Waals surface area (Å²) in [6.45, 7) is 5.74. The maximum absolute atomic E-state index is 12.3. The van der Waals surface area contributed by atoms with Crippen LogP contribution >= 0.6 is 0 Å². The highest BCUT2D eigenvalue weighted by Gasteiger charge is 2.15. The fourth-order valence-electron chi connectivity index (χ4n) is 2.30. The van der Waals surface area contributed by atoms with Crippen LogP contribution in [-0.2, 0) is 6.42 Å². The maximum Gasteiger partial charge on any atom is 0.261 e. The van der Waals surface area contributed by atoms with Crippen LogP contribution in [0.1, 0.15) is 47.1 Å². The number of hydrogen-bond donors (Lipinski definition) is 2. The summed E-state index contributed by atoms with van der Waals surface area (Å²) in [4.78, 5) is 27.0. The summed E-state index contributed by atoms with van der Waals surface area (Å²) in [5.41, 5.74) is 2.62. The highest BCUT2D eigenvalue weighted by atomic mass is 16.2. The zero-order chi connectivity index (χ0) is 15.4. The Morgan fingerprint density at radius 1 is 1.29 bits per heavy atom. The molecule has 1 aromatic heterocycles. The van der Waals surface area contributed by atoms with Gasteiger partial charge in [0.05, 0.1) is 6.04 Å². The van der Waals surface area contributed by atoms with E-state index < -0.39 is 0 Å². The van der Waals surface area contributed by atoms with Crippen LogP contribution in [0.4, 0.5) is 0 Å². The standard InChI is InChI=1S/C17H20N2O2/c1-4-13-10-15(16(20)18-11(13)2)17(21)19-12(3)14-8-6-5-7-9-14/h5-10,12H,4H2,1-3H3,(H,18,20)(H,19,21)/t12-/m0/s1. The Hall–Kier alpha value is -2.36. The molecule has 2 aromatic rings. The van der Waals surface area contributed by atoms with Gasteiger partial charge in [-0.3, -0.25) is 9.59 Å². The molecule has 0 saturated carbocycles. The van der Waals surface area contributed by atoms with Crippen LogP contribution in [0.3, 0.4) is 0 Å². The van der Waals surface area contributed by atoms with Gasteiger partial charge in [0.15, 0.2) is 0 Å². The minimum absolute atomic E-state index is 0.149. The predicted octanol–water partition coefficient (Wildman–Crippen LogP) is 2.74. The Kier molecular flexibility index (Phi) is 4.58. The van der Waals surface area contributed by atoms with Gasteiger partial charge in [0, 0.05) is 5.69 Å². The molecule has 1 amide bonds. The number of nitrogens with one attached hydrogen (secondary N) is 2. The van der Waals surface area contributed by atoms with Gasteiger partial charge in [-0.25, -0.2) is 0 Å². The average molecular weight is 284 g/mol. The van der Waals surface area contributed by atoms with Crippen molar-refractivity contribution in [1.29, 1.82) is 0 Å². The lowest BCUT2D eigenvalue weighted by molar-refractivity contribution is 0.0938. The average Bonchev–Trinajstić information content (AvgIpc) is 2.48. The lowest BCUT2D eigenvalue weighted by Gasteiger charge is -2.14. The second-order valence-electron chi connectivity index (χ2n) is 5.12. The van der Waals surface area contributed by atoms with E-state index in [1.807, 2.05) is 51.1 Å². The number of H-pyrrole nitrogens is 1. The van der Waals surface area contributed by atoms with E-state index in [1.165, 1.54) is 0 Å². The predicted molar refractivity (Wildman–Crippen MR) is 83.5 cm³/mol. The molecule has 2 rings (SSSR count). The van der Waals surface area contributed by atoms with Crippen molar-refractivity contribution in [2.45, 2.75) is 33.2 Å². The number of pyridine rings is 1. The zero-order valence-electron chi connectivity index (χ0n) is 12.6. The lowest BCUT2D eigenvalue weighted by atomic mass is 10.1. The summed E-state index contributed by atoms with van der Waals surface area (Å²) >= 11 is 0. The van der Waals surface area contributed by atoms with Gasteiger partial charge in [-0.15, -0.1) is 0 Å². The first-order chi connectivity index (χ1) is 10.0. The Morgan fingerprint density at radius 2 is 1.95 bits per heavy atom. The highest BCUT2D eigenvalue weighted by Crippen LogP contribution is 2.12. The molecule has 0 aliphatic rings. The quantitative estimate of drug-likeness (QED) is 0.906. The molecule has 4 heteroatoms. The normalized spacial score (nSPS) is 12.0. The molecule has 0 aliphatic heterocycles. The van der Waals surface area contributed by atoms with Crippen molar-refractivity contribution in [3.8, 4) is 0 Å². The monoisotopic (exact) mass is 284 g/mol. The molecule has 0 saturated heterocycles. The number of carbonyl (C=O) groups is 1. The molecule has 0 aliphatic carbocycles. The Morgan fingerprint density at radius 3 is 2.57 bits per heavy atom. The summed E-state index contributed by atoms with van der Waals surface area (Å²) in [6.07, 6.45) is 0.775. The van der Waals surface area contributed by atoms with Gasteiger partial charge in [-0.05, 0) is 37.5 Å². The van der Waals surface area contributed by atoms with Crippen molar-refractivity contribution in [2.75, 3.05) is 0 Å². The van der Waals surface area contributed by atoms with Crippen LogP contribution in [-0.4, -0.2) is 10.9 Å². The maximum atomic E-state index is 12.3. The highest BCUT2D eigenvalue weighted by molar-refractivity contribution is 5.94. The fourth-order valence-corrected chi connectivity index (χ4v) is 2.30. The number of benzene rings is 1. The third kappa shape index (κ3) is 3.40. The van der Waals surface area contributed by atoms with Crippen molar-refractivity contribution in [3.05, 3.63) is 69.1 Å². The number of carbonyl (C=O) groups excluding carboxylic acids is 1. The van der Waals surface area contributed by atoms with Gasteiger partial charge >= 0.3 is 0 Å². The van der Waals surface area contributed by atoms with Gasteiger partial charge in [-0.2, -0.15) is 0 Å². The first-order valence-electron chi connectivity index (χ1n) is 7.11. The SMILES string of the molecule is CCc1cc(C(=O)N[C@@H](C)c2ccccc2)c(=O)[nH]c1C. The van der Waals surface area contributed by atoms with Crippen LogP contribution in [0, 0.1) is 6.92 Å². The molecular formula is C17H20N2O2. The third-order valence-electron chi connectivity index (χ3n) is 3.62. The van der Waals surface area contributed by atoms with Crippen molar-refractivity contribution in [2.24, 2.45) is 0 Å². The number of aryl methyl sites for hydroxylation is 2. The Bertz CT molecular complexity index is 690. The van der Waals surface area contributed by atoms with Crippen LogP contribution < -0.4 is 10.9 Å². The summed E-state index contributed by atoms with van der Waals surface area (Å²) in [5, 5.41) is 2.87. The Labute approximate surface area is 124 Å². The van der Waals surface area contributed by atoms with Crippen molar-refractivity contribution in [3.63, 3.8) is 0 Å². The first-order valence-corrected chi connectivity index (χ1v) is 7.11. The van der Waals surface area contributed by atoms with Gasteiger partial charge in [0.1, 0.15) is 5.56 Å². The molecule has 0 bridgehead atoms. The summed E-state index contributed by atoms with van der Waals surface area (Å²) in [5.74, 6) is -0.345. The van der Waals surface area contributed by atoms with E-state index in [-0.39, 0.29) is 23.1 Å². The molecule has 2 N–H and O–H groups in total. The third-order valence-corrected chi connectivity index (χ3v) is 3.62. The van der Waals surface area contributed by atoms with E-state index in [0.717, 1.165) is 23.2 Å². The van der Waals surface area contributed by atoms with Crippen LogP contribution in [0.15, 0.2) is 41.2 Å². The fraction of sp³-hybridized carbons (Fsp3) is 0.294. The molecule has 0 unspecified atom stereocenters. The van der Waals surface area contributed by atoms with E-state index in [1.54, 1.807) is 6.07 Å². The molecule has 4 nitrogen and oxygen atoms in total. The summed E-state index contributed by atoms with van der Waals surface area (Å²) in [6, 6.07) is 11.2. The molecule has 1 atom stereocenters. The van der Waals surface area contributed by atoms with Crippen molar-refractivity contribution < 1.29 is 4.79 Å². The van der Waals surface area contributed by atoms with Crippen LogP contribution in [0.25, 0.3) is 0 Å². The molecular weight excluding hydrogens is 264 g/mol. The first kappa shape index (κ1) is 15.0. The van der Waals surface area contributed by atoms with Gasteiger partial charge < -0.3 is 10.3 Å². The number of aromatic nitrogens is 1. The topological polar surface area (TPSA) is 62.0 Å². The molecule has 110 valence electrons. The molecule has 1 aromatic carbocycles. The van der Waals surface area contributed by atoms with E-state index in [4.69, 9.17) is 0 Å². The second kappa shape index (κ2) is 6.39. The lowest BCUT2D eigenvalue weighted by Crippen LogP contribution is -2.32. The Balaban J connectivity index is 2.23. The van der Waals surface area contributed by atoms with Crippen LogP contribution in [0.5, 0.6) is 0 Å². The zero-order valence-corrected chi connectivity index (χ0v) is 12.6. The van der Waals surface area contributed by atoms with Gasteiger partial charge in [0.2, 0.25) is 0 Å². The molecule has 0 spiro atoms. The van der Waals surface area contributed by atoms with E-state index in [9.17, 15) is 9.59 Å². The molecule has 0 fully saturated rings. The van der Waals surface area contributed by atoms with E-state index >= 15 is 0 Å². The molecule has 0 radical (unpaired) electrons. The minimum atomic E-state index is -0.345. The van der Waals surface area contributed by atoms with E-state index in [2.05, 4.69) is 10.3 Å². The second-order valence-corrected chi connectivity index (χ2v) is 5.12. The van der Waals surface area contributed by atoms with Crippen molar-refractivity contribution in [1.82, 2.24) is 10.3 Å². The largest absolute Gasteiger partial charge is 0.345 e. The van der Waals surface area contributed by atoms with Crippen molar-refractivity contribution >= 4 is 5.91 Å².